The zero-order valence-corrected chi connectivity index (χ0v) is 9.49. The zero-order chi connectivity index (χ0) is 10.5. The number of aromatic nitrogens is 2. The molecule has 0 amide bonds. The van der Waals surface area contributed by atoms with Crippen molar-refractivity contribution in [3.63, 3.8) is 0 Å². The van der Waals surface area contributed by atoms with Crippen LogP contribution < -0.4 is 0 Å². The van der Waals surface area contributed by atoms with Crippen LogP contribution >= 0.6 is 11.8 Å². The number of aliphatic hydroxyl groups is 1. The van der Waals surface area contributed by atoms with Crippen LogP contribution in [0.3, 0.4) is 0 Å². The largest absolute Gasteiger partial charge is 0.388 e. The maximum absolute atomic E-state index is 9.99. The predicted molar refractivity (Wildman–Crippen MR) is 61.7 cm³/mol. The van der Waals surface area contributed by atoms with Crippen molar-refractivity contribution in [3.05, 3.63) is 24.3 Å². The van der Waals surface area contributed by atoms with Crippen LogP contribution in [0, 0.1) is 5.92 Å². The third kappa shape index (κ3) is 3.18. The minimum absolute atomic E-state index is 0.390. The summed E-state index contributed by atoms with van der Waals surface area (Å²) in [6.45, 7) is 0. The second-order valence-corrected chi connectivity index (χ2v) is 5.20. The van der Waals surface area contributed by atoms with Crippen molar-refractivity contribution in [1.82, 2.24) is 9.97 Å². The highest BCUT2D eigenvalue weighted by atomic mass is 32.2. The van der Waals surface area contributed by atoms with Gasteiger partial charge in [-0.2, -0.15) is 11.8 Å². The third-order valence-electron chi connectivity index (χ3n) is 2.86. The van der Waals surface area contributed by atoms with Crippen molar-refractivity contribution >= 4 is 11.8 Å². The molecule has 2 heterocycles. The molecule has 0 radical (unpaired) electrons. The van der Waals surface area contributed by atoms with Gasteiger partial charge in [-0.05, 0) is 36.7 Å². The fourth-order valence-corrected chi connectivity index (χ4v) is 3.12. The molecule has 1 aliphatic heterocycles. The summed E-state index contributed by atoms with van der Waals surface area (Å²) in [7, 11) is 0. The van der Waals surface area contributed by atoms with Gasteiger partial charge in [0.25, 0.3) is 0 Å². The first kappa shape index (κ1) is 10.9. The Morgan fingerprint density at radius 1 is 1.33 bits per heavy atom. The van der Waals surface area contributed by atoms with E-state index in [4.69, 9.17) is 0 Å². The topological polar surface area (TPSA) is 46.0 Å². The Labute approximate surface area is 94.3 Å². The minimum atomic E-state index is -0.390. The lowest BCUT2D eigenvalue weighted by atomic mass is 9.93. The van der Waals surface area contributed by atoms with Crippen molar-refractivity contribution < 1.29 is 5.11 Å². The Balaban J connectivity index is 1.88. The fraction of sp³-hybridized carbons (Fsp3) is 0.636. The number of nitrogens with zero attached hydrogens (tertiary/aromatic N) is 2. The molecule has 1 aromatic heterocycles. The van der Waals surface area contributed by atoms with Gasteiger partial charge in [0.2, 0.25) is 0 Å². The summed E-state index contributed by atoms with van der Waals surface area (Å²) in [5.74, 6) is 3.15. The molecular weight excluding hydrogens is 208 g/mol. The molecule has 82 valence electrons. The molecule has 2 rings (SSSR count). The molecule has 0 aliphatic carbocycles. The molecule has 3 nitrogen and oxygen atoms in total. The molecule has 1 unspecified atom stereocenters. The second kappa shape index (κ2) is 5.47. The number of rotatable bonds is 3. The highest BCUT2D eigenvalue weighted by Crippen LogP contribution is 2.30. The molecule has 0 aromatic carbocycles. The Kier molecular flexibility index (Phi) is 3.97. The predicted octanol–water partition coefficient (Wildman–Crippen LogP) is 2.04. The first-order chi connectivity index (χ1) is 7.36. The smallest absolute Gasteiger partial charge is 0.115 e. The number of hydrogen-bond donors (Lipinski definition) is 1. The lowest BCUT2D eigenvalue weighted by molar-refractivity contribution is 0.140. The van der Waals surface area contributed by atoms with Gasteiger partial charge in [0.05, 0.1) is 6.10 Å². The number of aliphatic hydroxyl groups excluding tert-OH is 1. The Hall–Kier alpha value is -0.610. The molecule has 0 spiro atoms. The van der Waals surface area contributed by atoms with Gasteiger partial charge in [-0.15, -0.1) is 0 Å². The summed E-state index contributed by atoms with van der Waals surface area (Å²) >= 11 is 2.02. The molecule has 1 saturated heterocycles. The van der Waals surface area contributed by atoms with E-state index in [0.717, 1.165) is 12.0 Å². The lowest BCUT2D eigenvalue weighted by Crippen LogP contribution is -2.13. The summed E-state index contributed by atoms with van der Waals surface area (Å²) in [4.78, 5) is 7.85. The molecular formula is C11H16N2OS. The second-order valence-electron chi connectivity index (χ2n) is 3.98. The van der Waals surface area contributed by atoms with E-state index < -0.39 is 0 Å². The lowest BCUT2D eigenvalue weighted by Gasteiger charge is -2.23. The summed E-state index contributed by atoms with van der Waals surface area (Å²) < 4.78 is 0. The normalized spacial score (nSPS) is 20.1. The van der Waals surface area contributed by atoms with Crippen molar-refractivity contribution in [3.8, 4) is 0 Å². The van der Waals surface area contributed by atoms with Gasteiger partial charge < -0.3 is 5.11 Å². The quantitative estimate of drug-likeness (QED) is 0.853. The standard InChI is InChI=1S/C11H16N2OS/c14-11(10-6-12-8-13-7-10)5-9-1-3-15-4-2-9/h6-9,11,14H,1-5H2. The van der Waals surface area contributed by atoms with E-state index in [9.17, 15) is 5.11 Å². The first-order valence-electron chi connectivity index (χ1n) is 5.37. The zero-order valence-electron chi connectivity index (χ0n) is 8.67. The van der Waals surface area contributed by atoms with Crippen molar-refractivity contribution in [1.29, 1.82) is 0 Å². The van der Waals surface area contributed by atoms with E-state index in [1.54, 1.807) is 12.4 Å². The van der Waals surface area contributed by atoms with Gasteiger partial charge in [0, 0.05) is 18.0 Å². The molecule has 0 saturated carbocycles. The monoisotopic (exact) mass is 224 g/mol. The minimum Gasteiger partial charge on any atom is -0.388 e. The fourth-order valence-electron chi connectivity index (χ4n) is 1.92. The average molecular weight is 224 g/mol. The van der Waals surface area contributed by atoms with Gasteiger partial charge in [0.15, 0.2) is 0 Å². The van der Waals surface area contributed by atoms with Gasteiger partial charge in [-0.25, -0.2) is 9.97 Å². The van der Waals surface area contributed by atoms with Crippen LogP contribution in [-0.2, 0) is 0 Å². The Morgan fingerprint density at radius 3 is 2.67 bits per heavy atom. The Bertz CT molecular complexity index is 288. The van der Waals surface area contributed by atoms with Crippen LogP contribution in [0.25, 0.3) is 0 Å². The molecule has 1 N–H and O–H groups in total. The van der Waals surface area contributed by atoms with Crippen molar-refractivity contribution in [2.75, 3.05) is 11.5 Å². The van der Waals surface area contributed by atoms with Crippen LogP contribution in [-0.4, -0.2) is 26.6 Å². The maximum Gasteiger partial charge on any atom is 0.115 e. The molecule has 1 aromatic rings. The average Bonchev–Trinajstić information content (AvgIpc) is 2.31. The summed E-state index contributed by atoms with van der Waals surface area (Å²) in [5.41, 5.74) is 0.843. The van der Waals surface area contributed by atoms with E-state index in [1.807, 2.05) is 11.8 Å². The van der Waals surface area contributed by atoms with Crippen molar-refractivity contribution in [2.24, 2.45) is 5.92 Å². The van der Waals surface area contributed by atoms with Crippen molar-refractivity contribution in [2.45, 2.75) is 25.4 Å². The van der Waals surface area contributed by atoms with Crippen LogP contribution in [0.2, 0.25) is 0 Å². The van der Waals surface area contributed by atoms with Gasteiger partial charge >= 0.3 is 0 Å². The molecule has 4 heteroatoms. The van der Waals surface area contributed by atoms with E-state index in [0.29, 0.717) is 5.92 Å². The highest BCUT2D eigenvalue weighted by molar-refractivity contribution is 7.99. The molecule has 1 fully saturated rings. The molecule has 1 atom stereocenters. The summed E-state index contributed by atoms with van der Waals surface area (Å²) in [5, 5.41) is 9.99. The van der Waals surface area contributed by atoms with E-state index in [-0.39, 0.29) is 6.10 Å². The highest BCUT2D eigenvalue weighted by Gasteiger charge is 2.18. The van der Waals surface area contributed by atoms with Gasteiger partial charge in [0.1, 0.15) is 6.33 Å². The molecule has 15 heavy (non-hydrogen) atoms. The maximum atomic E-state index is 9.99. The third-order valence-corrected chi connectivity index (χ3v) is 3.91. The van der Waals surface area contributed by atoms with Crippen LogP contribution in [0.1, 0.15) is 30.9 Å². The molecule has 0 bridgehead atoms. The number of thioether (sulfide) groups is 1. The summed E-state index contributed by atoms with van der Waals surface area (Å²) in [6, 6.07) is 0. The van der Waals surface area contributed by atoms with E-state index in [1.165, 1.54) is 30.7 Å². The first-order valence-corrected chi connectivity index (χ1v) is 6.52. The van der Waals surface area contributed by atoms with Gasteiger partial charge in [-0.1, -0.05) is 0 Å². The van der Waals surface area contributed by atoms with Crippen LogP contribution in [0.5, 0.6) is 0 Å². The van der Waals surface area contributed by atoms with Gasteiger partial charge in [-0.3, -0.25) is 0 Å². The number of hydrogen-bond acceptors (Lipinski definition) is 4. The SMILES string of the molecule is OC(CC1CCSCC1)c1cncnc1. The Morgan fingerprint density at radius 2 is 2.00 bits per heavy atom. The van der Waals surface area contributed by atoms with Crippen LogP contribution in [0.15, 0.2) is 18.7 Å². The van der Waals surface area contributed by atoms with E-state index in [2.05, 4.69) is 9.97 Å². The summed E-state index contributed by atoms with van der Waals surface area (Å²) in [6.07, 6.45) is 7.83. The molecule has 1 aliphatic rings. The van der Waals surface area contributed by atoms with Crippen LogP contribution in [0.4, 0.5) is 0 Å². The van der Waals surface area contributed by atoms with E-state index >= 15 is 0 Å².